The third-order valence-corrected chi connectivity index (χ3v) is 5.90. The maximum absolute atomic E-state index is 12.6. The molecule has 2 saturated carbocycles. The van der Waals surface area contributed by atoms with Crippen molar-refractivity contribution in [3.05, 3.63) is 28.8 Å². The predicted octanol–water partition coefficient (Wildman–Crippen LogP) is 3.51. The SMILES string of the molecule is Cl.O=C(NC1CC1)c1cc(NC(=O)C2CC3CCCCC3N2)ccc1Cl. The molecule has 7 heteroatoms. The van der Waals surface area contributed by atoms with Crippen LogP contribution in [0.25, 0.3) is 0 Å². The summed E-state index contributed by atoms with van der Waals surface area (Å²) < 4.78 is 0. The molecule has 1 aromatic rings. The Morgan fingerprint density at radius 3 is 2.62 bits per heavy atom. The monoisotopic (exact) mass is 397 g/mol. The van der Waals surface area contributed by atoms with Crippen molar-refractivity contribution >= 4 is 41.5 Å². The minimum absolute atomic E-state index is 0. The fourth-order valence-corrected chi connectivity index (χ4v) is 4.22. The van der Waals surface area contributed by atoms with Crippen molar-refractivity contribution in [2.45, 2.75) is 63.1 Å². The first-order valence-corrected chi connectivity index (χ1v) is 9.65. The molecule has 26 heavy (non-hydrogen) atoms. The number of anilines is 1. The summed E-state index contributed by atoms with van der Waals surface area (Å²) in [5, 5.41) is 9.76. The molecule has 0 aromatic heterocycles. The van der Waals surface area contributed by atoms with Gasteiger partial charge in [0.25, 0.3) is 5.91 Å². The highest BCUT2D eigenvalue weighted by molar-refractivity contribution is 6.34. The Balaban J connectivity index is 0.00000196. The van der Waals surface area contributed by atoms with Crippen molar-refractivity contribution in [2.75, 3.05) is 5.32 Å². The number of carbonyl (C=O) groups excluding carboxylic acids is 2. The van der Waals surface area contributed by atoms with Crippen LogP contribution < -0.4 is 16.0 Å². The van der Waals surface area contributed by atoms with Gasteiger partial charge in [0.15, 0.2) is 0 Å². The third-order valence-electron chi connectivity index (χ3n) is 5.57. The second-order valence-electron chi connectivity index (χ2n) is 7.54. The fourth-order valence-electron chi connectivity index (χ4n) is 4.02. The molecule has 1 heterocycles. The minimum Gasteiger partial charge on any atom is -0.349 e. The molecule has 0 radical (unpaired) electrons. The first-order chi connectivity index (χ1) is 12.1. The molecule has 2 amide bonds. The van der Waals surface area contributed by atoms with E-state index in [1.807, 2.05) is 0 Å². The number of rotatable bonds is 4. The van der Waals surface area contributed by atoms with Crippen LogP contribution in [-0.4, -0.2) is 29.9 Å². The Hall–Kier alpha value is -1.30. The van der Waals surface area contributed by atoms with Gasteiger partial charge in [-0.3, -0.25) is 9.59 Å². The normalized spacial score (nSPS) is 27.2. The van der Waals surface area contributed by atoms with E-state index in [1.54, 1.807) is 18.2 Å². The molecule has 3 unspecified atom stereocenters. The van der Waals surface area contributed by atoms with Gasteiger partial charge in [0.05, 0.1) is 16.6 Å². The molecule has 1 aliphatic heterocycles. The lowest BCUT2D eigenvalue weighted by molar-refractivity contribution is -0.117. The summed E-state index contributed by atoms with van der Waals surface area (Å²) in [4.78, 5) is 24.9. The average molecular weight is 398 g/mol. The number of hydrogen-bond acceptors (Lipinski definition) is 3. The van der Waals surface area contributed by atoms with E-state index in [0.717, 1.165) is 19.3 Å². The van der Waals surface area contributed by atoms with Crippen LogP contribution in [-0.2, 0) is 4.79 Å². The van der Waals surface area contributed by atoms with Gasteiger partial charge in [-0.2, -0.15) is 0 Å². The number of amides is 2. The van der Waals surface area contributed by atoms with Crippen LogP contribution in [0.15, 0.2) is 18.2 Å². The van der Waals surface area contributed by atoms with E-state index in [1.165, 1.54) is 25.7 Å². The van der Waals surface area contributed by atoms with Crippen LogP contribution in [0.4, 0.5) is 5.69 Å². The number of benzene rings is 1. The number of halogens is 2. The highest BCUT2D eigenvalue weighted by Crippen LogP contribution is 2.33. The third kappa shape index (κ3) is 4.33. The molecule has 3 atom stereocenters. The summed E-state index contributed by atoms with van der Waals surface area (Å²) in [6.07, 6.45) is 7.85. The molecule has 0 spiro atoms. The molecule has 1 aromatic carbocycles. The van der Waals surface area contributed by atoms with E-state index in [2.05, 4.69) is 16.0 Å². The number of nitrogens with one attached hydrogen (secondary N) is 3. The molecule has 1 saturated heterocycles. The van der Waals surface area contributed by atoms with E-state index in [9.17, 15) is 9.59 Å². The Labute approximate surface area is 165 Å². The van der Waals surface area contributed by atoms with Crippen LogP contribution in [0, 0.1) is 5.92 Å². The van der Waals surface area contributed by atoms with Crippen molar-refractivity contribution in [3.8, 4) is 0 Å². The predicted molar refractivity (Wildman–Crippen MR) is 105 cm³/mol. The van der Waals surface area contributed by atoms with Gasteiger partial charge in [-0.05, 0) is 56.2 Å². The number of fused-ring (bicyclic) bond motifs is 1. The van der Waals surface area contributed by atoms with E-state index < -0.39 is 0 Å². The molecule has 3 fully saturated rings. The molecule has 5 nitrogen and oxygen atoms in total. The van der Waals surface area contributed by atoms with Crippen LogP contribution >= 0.6 is 24.0 Å². The molecule has 142 valence electrons. The standard InChI is InChI=1S/C19H24ClN3O2.ClH/c20-15-8-7-13(10-14(15)18(24)21-12-5-6-12)22-19(25)17-9-11-3-1-2-4-16(11)23-17;/h7-8,10-12,16-17,23H,1-6,9H2,(H,21,24)(H,22,25);1H. The van der Waals surface area contributed by atoms with E-state index in [0.29, 0.717) is 28.2 Å². The van der Waals surface area contributed by atoms with Gasteiger partial charge in [-0.25, -0.2) is 0 Å². The Morgan fingerprint density at radius 2 is 1.88 bits per heavy atom. The summed E-state index contributed by atoms with van der Waals surface area (Å²) in [5.41, 5.74) is 1.03. The molecular weight excluding hydrogens is 373 g/mol. The van der Waals surface area contributed by atoms with Gasteiger partial charge in [0, 0.05) is 17.8 Å². The minimum atomic E-state index is -0.173. The quantitative estimate of drug-likeness (QED) is 0.727. The van der Waals surface area contributed by atoms with Crippen molar-refractivity contribution in [1.82, 2.24) is 10.6 Å². The molecule has 4 rings (SSSR count). The first kappa shape index (κ1) is 19.5. The van der Waals surface area contributed by atoms with E-state index in [4.69, 9.17) is 11.6 Å². The maximum Gasteiger partial charge on any atom is 0.253 e. The van der Waals surface area contributed by atoms with Crippen molar-refractivity contribution in [1.29, 1.82) is 0 Å². The first-order valence-electron chi connectivity index (χ1n) is 9.27. The maximum atomic E-state index is 12.6. The molecule has 3 aliphatic rings. The molecule has 0 bridgehead atoms. The zero-order chi connectivity index (χ0) is 17.4. The number of carbonyl (C=O) groups is 2. The zero-order valence-electron chi connectivity index (χ0n) is 14.6. The smallest absolute Gasteiger partial charge is 0.253 e. The van der Waals surface area contributed by atoms with Crippen molar-refractivity contribution in [2.24, 2.45) is 5.92 Å². The molecule has 3 N–H and O–H groups in total. The molecular formula is C19H25Cl2N3O2. The van der Waals surface area contributed by atoms with Crippen LogP contribution in [0.1, 0.15) is 55.3 Å². The largest absolute Gasteiger partial charge is 0.349 e. The summed E-state index contributed by atoms with van der Waals surface area (Å²) in [6.45, 7) is 0. The van der Waals surface area contributed by atoms with Crippen LogP contribution in [0.3, 0.4) is 0 Å². The van der Waals surface area contributed by atoms with Crippen molar-refractivity contribution < 1.29 is 9.59 Å². The van der Waals surface area contributed by atoms with Crippen LogP contribution in [0.5, 0.6) is 0 Å². The summed E-state index contributed by atoms with van der Waals surface area (Å²) in [7, 11) is 0. The van der Waals surface area contributed by atoms with Gasteiger partial charge >= 0.3 is 0 Å². The Bertz CT molecular complexity index is 679. The highest BCUT2D eigenvalue weighted by Gasteiger charge is 2.38. The lowest BCUT2D eigenvalue weighted by Crippen LogP contribution is -2.39. The lowest BCUT2D eigenvalue weighted by atomic mass is 9.85. The van der Waals surface area contributed by atoms with Crippen molar-refractivity contribution in [3.63, 3.8) is 0 Å². The zero-order valence-corrected chi connectivity index (χ0v) is 16.2. The van der Waals surface area contributed by atoms with Gasteiger partial charge in [0.1, 0.15) is 0 Å². The van der Waals surface area contributed by atoms with Gasteiger partial charge in [-0.1, -0.05) is 24.4 Å². The van der Waals surface area contributed by atoms with E-state index in [-0.39, 0.29) is 36.3 Å². The van der Waals surface area contributed by atoms with Gasteiger partial charge in [0.2, 0.25) is 5.91 Å². The van der Waals surface area contributed by atoms with Gasteiger partial charge < -0.3 is 16.0 Å². The number of hydrogen-bond donors (Lipinski definition) is 3. The Morgan fingerprint density at radius 1 is 1.12 bits per heavy atom. The second kappa shape index (κ2) is 8.15. The summed E-state index contributed by atoms with van der Waals surface area (Å²) in [5.74, 6) is 0.425. The molecule has 2 aliphatic carbocycles. The lowest BCUT2D eigenvalue weighted by Gasteiger charge is -2.24. The van der Waals surface area contributed by atoms with Crippen LogP contribution in [0.2, 0.25) is 5.02 Å². The summed E-state index contributed by atoms with van der Waals surface area (Å²) >= 11 is 6.16. The Kier molecular flexibility index (Phi) is 6.10. The highest BCUT2D eigenvalue weighted by atomic mass is 35.5. The average Bonchev–Trinajstić information content (AvgIpc) is 3.30. The topological polar surface area (TPSA) is 70.2 Å². The fraction of sp³-hybridized carbons (Fsp3) is 0.579. The van der Waals surface area contributed by atoms with Gasteiger partial charge in [-0.15, -0.1) is 12.4 Å². The summed E-state index contributed by atoms with van der Waals surface area (Å²) in [6, 6.07) is 5.69. The second-order valence-corrected chi connectivity index (χ2v) is 7.94. The van der Waals surface area contributed by atoms with E-state index >= 15 is 0 Å².